The Morgan fingerprint density at radius 1 is 1.44 bits per heavy atom. The van der Waals surface area contributed by atoms with E-state index >= 15 is 0 Å². The molecular weight excluding hydrogens is 202 g/mol. The van der Waals surface area contributed by atoms with Crippen LogP contribution >= 0.6 is 0 Å². The van der Waals surface area contributed by atoms with Crippen molar-refractivity contribution in [3.05, 3.63) is 0 Å². The summed E-state index contributed by atoms with van der Waals surface area (Å²) in [6.45, 7) is 8.75. The van der Waals surface area contributed by atoms with Gasteiger partial charge in [0.15, 0.2) is 0 Å². The lowest BCUT2D eigenvalue weighted by atomic mass is 9.90. The third kappa shape index (κ3) is 4.78. The van der Waals surface area contributed by atoms with Crippen molar-refractivity contribution in [2.75, 3.05) is 39.8 Å². The molecule has 1 aliphatic rings. The lowest BCUT2D eigenvalue weighted by molar-refractivity contribution is 0.185. The van der Waals surface area contributed by atoms with Gasteiger partial charge in [-0.15, -0.1) is 0 Å². The molecule has 1 heterocycles. The van der Waals surface area contributed by atoms with Crippen LogP contribution in [-0.2, 0) is 0 Å². The molecule has 4 nitrogen and oxygen atoms in total. The Kier molecular flexibility index (Phi) is 5.69. The molecule has 0 aromatic heterocycles. The highest BCUT2D eigenvalue weighted by Gasteiger charge is 2.27. The van der Waals surface area contributed by atoms with E-state index in [0.29, 0.717) is 6.04 Å². The monoisotopic (exact) mass is 229 g/mol. The Morgan fingerprint density at radius 2 is 2.06 bits per heavy atom. The molecule has 0 spiro atoms. The Balaban J connectivity index is 2.29. The van der Waals surface area contributed by atoms with Crippen LogP contribution in [0, 0.1) is 0 Å². The fourth-order valence-corrected chi connectivity index (χ4v) is 2.49. The average molecular weight is 229 g/mol. The molecule has 0 aromatic rings. The molecule has 96 valence electrons. The van der Waals surface area contributed by atoms with E-state index in [1.807, 2.05) is 0 Å². The standard InChI is InChI=1S/C12H27N3O/c1-11(10-15(3)8-9-16)14-12(2)4-6-13-7-5-12/h11,13-14,16H,4-10H2,1-3H3. The Labute approximate surface area is 99.4 Å². The Morgan fingerprint density at radius 3 is 2.62 bits per heavy atom. The predicted molar refractivity (Wildman–Crippen MR) is 67.7 cm³/mol. The molecular formula is C12H27N3O. The Bertz CT molecular complexity index is 193. The van der Waals surface area contributed by atoms with Gasteiger partial charge in [0, 0.05) is 24.7 Å². The number of hydrogen-bond acceptors (Lipinski definition) is 4. The van der Waals surface area contributed by atoms with Gasteiger partial charge in [-0.25, -0.2) is 0 Å². The quantitative estimate of drug-likeness (QED) is 0.601. The number of aliphatic hydroxyl groups is 1. The van der Waals surface area contributed by atoms with Gasteiger partial charge in [0.25, 0.3) is 0 Å². The molecule has 3 N–H and O–H groups in total. The molecule has 0 aromatic carbocycles. The lowest BCUT2D eigenvalue weighted by Gasteiger charge is -2.38. The molecule has 1 unspecified atom stereocenters. The largest absolute Gasteiger partial charge is 0.395 e. The van der Waals surface area contributed by atoms with E-state index in [2.05, 4.69) is 36.4 Å². The van der Waals surface area contributed by atoms with Crippen molar-refractivity contribution < 1.29 is 5.11 Å². The van der Waals surface area contributed by atoms with Crippen LogP contribution in [0.4, 0.5) is 0 Å². The molecule has 0 bridgehead atoms. The smallest absolute Gasteiger partial charge is 0.0558 e. The summed E-state index contributed by atoms with van der Waals surface area (Å²) in [5, 5.41) is 16.0. The summed E-state index contributed by atoms with van der Waals surface area (Å²) in [7, 11) is 2.05. The maximum atomic E-state index is 8.85. The second kappa shape index (κ2) is 6.55. The van der Waals surface area contributed by atoms with Gasteiger partial charge in [0.1, 0.15) is 0 Å². The summed E-state index contributed by atoms with van der Waals surface area (Å²) < 4.78 is 0. The van der Waals surface area contributed by atoms with Gasteiger partial charge in [-0.3, -0.25) is 0 Å². The van der Waals surface area contributed by atoms with Crippen molar-refractivity contribution in [3.63, 3.8) is 0 Å². The molecule has 1 rings (SSSR count). The van der Waals surface area contributed by atoms with Crippen LogP contribution in [0.25, 0.3) is 0 Å². The number of hydrogen-bond donors (Lipinski definition) is 3. The molecule has 1 aliphatic heterocycles. The van der Waals surface area contributed by atoms with E-state index in [4.69, 9.17) is 5.11 Å². The van der Waals surface area contributed by atoms with Gasteiger partial charge < -0.3 is 20.6 Å². The highest BCUT2D eigenvalue weighted by atomic mass is 16.3. The number of piperidine rings is 1. The maximum absolute atomic E-state index is 8.85. The number of aliphatic hydroxyl groups excluding tert-OH is 1. The van der Waals surface area contributed by atoms with Crippen molar-refractivity contribution in [1.29, 1.82) is 0 Å². The van der Waals surface area contributed by atoms with Crippen molar-refractivity contribution >= 4 is 0 Å². The summed E-state index contributed by atoms with van der Waals surface area (Å²) in [6, 6.07) is 0.472. The number of likely N-dealkylation sites (N-methyl/N-ethyl adjacent to an activating group) is 1. The Hall–Kier alpha value is -0.160. The molecule has 1 fully saturated rings. The first kappa shape index (κ1) is 13.9. The second-order valence-corrected chi connectivity index (χ2v) is 5.34. The number of nitrogens with one attached hydrogen (secondary N) is 2. The van der Waals surface area contributed by atoms with Crippen LogP contribution in [0.1, 0.15) is 26.7 Å². The van der Waals surface area contributed by atoms with Crippen LogP contribution in [0.15, 0.2) is 0 Å². The highest BCUT2D eigenvalue weighted by Crippen LogP contribution is 2.17. The normalized spacial score (nSPS) is 22.3. The lowest BCUT2D eigenvalue weighted by Crippen LogP contribution is -2.55. The molecule has 0 aliphatic carbocycles. The van der Waals surface area contributed by atoms with Gasteiger partial charge >= 0.3 is 0 Å². The van der Waals surface area contributed by atoms with E-state index in [0.717, 1.165) is 26.2 Å². The summed E-state index contributed by atoms with van der Waals surface area (Å²) >= 11 is 0. The third-order valence-electron chi connectivity index (χ3n) is 3.37. The van der Waals surface area contributed by atoms with Gasteiger partial charge in [0.05, 0.1) is 6.61 Å². The molecule has 0 radical (unpaired) electrons. The number of rotatable bonds is 6. The molecule has 16 heavy (non-hydrogen) atoms. The number of nitrogens with zero attached hydrogens (tertiary/aromatic N) is 1. The molecule has 4 heteroatoms. The minimum atomic E-state index is 0.240. The first-order valence-electron chi connectivity index (χ1n) is 6.33. The third-order valence-corrected chi connectivity index (χ3v) is 3.37. The maximum Gasteiger partial charge on any atom is 0.0558 e. The van der Waals surface area contributed by atoms with E-state index in [-0.39, 0.29) is 12.1 Å². The SMILES string of the molecule is CC(CN(C)CCO)NC1(C)CCNCC1. The summed E-state index contributed by atoms with van der Waals surface area (Å²) in [6.07, 6.45) is 2.39. The molecule has 0 saturated carbocycles. The zero-order valence-corrected chi connectivity index (χ0v) is 10.9. The first-order chi connectivity index (χ1) is 7.56. The van der Waals surface area contributed by atoms with Gasteiger partial charge in [-0.05, 0) is 46.8 Å². The van der Waals surface area contributed by atoms with Crippen molar-refractivity contribution in [3.8, 4) is 0 Å². The van der Waals surface area contributed by atoms with Crippen LogP contribution < -0.4 is 10.6 Å². The van der Waals surface area contributed by atoms with Crippen LogP contribution in [-0.4, -0.2) is 61.4 Å². The minimum absolute atomic E-state index is 0.240. The minimum Gasteiger partial charge on any atom is -0.395 e. The molecule has 1 saturated heterocycles. The van der Waals surface area contributed by atoms with Crippen molar-refractivity contribution in [2.45, 2.75) is 38.3 Å². The second-order valence-electron chi connectivity index (χ2n) is 5.34. The van der Waals surface area contributed by atoms with Gasteiger partial charge in [-0.2, -0.15) is 0 Å². The average Bonchev–Trinajstić information content (AvgIpc) is 2.17. The first-order valence-corrected chi connectivity index (χ1v) is 6.33. The topological polar surface area (TPSA) is 47.5 Å². The van der Waals surface area contributed by atoms with Crippen molar-refractivity contribution in [1.82, 2.24) is 15.5 Å². The molecule has 0 amide bonds. The van der Waals surface area contributed by atoms with Crippen LogP contribution in [0.3, 0.4) is 0 Å². The molecule has 1 atom stereocenters. The van der Waals surface area contributed by atoms with E-state index in [9.17, 15) is 0 Å². The van der Waals surface area contributed by atoms with Crippen molar-refractivity contribution in [2.24, 2.45) is 0 Å². The summed E-state index contributed by atoms with van der Waals surface area (Å²) in [4.78, 5) is 2.17. The van der Waals surface area contributed by atoms with Gasteiger partial charge in [-0.1, -0.05) is 0 Å². The zero-order chi connectivity index (χ0) is 12.0. The van der Waals surface area contributed by atoms with E-state index < -0.39 is 0 Å². The predicted octanol–water partition coefficient (Wildman–Crippen LogP) is 0.0307. The van der Waals surface area contributed by atoms with Crippen LogP contribution in [0.2, 0.25) is 0 Å². The van der Waals surface area contributed by atoms with E-state index in [1.165, 1.54) is 12.8 Å². The van der Waals surface area contributed by atoms with Gasteiger partial charge in [0.2, 0.25) is 0 Å². The fraction of sp³-hybridized carbons (Fsp3) is 1.00. The van der Waals surface area contributed by atoms with Crippen LogP contribution in [0.5, 0.6) is 0 Å². The highest BCUT2D eigenvalue weighted by molar-refractivity contribution is 4.90. The summed E-state index contributed by atoms with van der Waals surface area (Å²) in [5.74, 6) is 0. The zero-order valence-electron chi connectivity index (χ0n) is 10.9. The fourth-order valence-electron chi connectivity index (χ4n) is 2.49. The summed E-state index contributed by atoms with van der Waals surface area (Å²) in [5.41, 5.74) is 0.282. The van der Waals surface area contributed by atoms with E-state index in [1.54, 1.807) is 0 Å².